The molecule has 116 valence electrons. The van der Waals surface area contributed by atoms with Gasteiger partial charge in [0, 0.05) is 30.0 Å². The second-order valence-electron chi connectivity index (χ2n) is 6.07. The van der Waals surface area contributed by atoms with Gasteiger partial charge >= 0.3 is 0 Å². The van der Waals surface area contributed by atoms with Gasteiger partial charge in [-0.2, -0.15) is 0 Å². The van der Waals surface area contributed by atoms with Gasteiger partial charge in [-0.25, -0.2) is 0 Å². The van der Waals surface area contributed by atoms with Crippen LogP contribution in [0.4, 0.5) is 0 Å². The van der Waals surface area contributed by atoms with E-state index in [4.69, 9.17) is 0 Å². The molecule has 0 saturated heterocycles. The first-order valence-corrected chi connectivity index (χ1v) is 8.84. The van der Waals surface area contributed by atoms with E-state index in [1.54, 1.807) is 0 Å². The van der Waals surface area contributed by atoms with Gasteiger partial charge in [0.2, 0.25) is 0 Å². The molecule has 0 heterocycles. The van der Waals surface area contributed by atoms with Crippen molar-refractivity contribution >= 4 is 21.8 Å². The number of benzene rings is 1. The molecule has 0 aliphatic heterocycles. The van der Waals surface area contributed by atoms with E-state index in [2.05, 4.69) is 39.8 Å². The van der Waals surface area contributed by atoms with Gasteiger partial charge in [-0.3, -0.25) is 4.79 Å². The number of carbonyl (C=O) groups is 1. The van der Waals surface area contributed by atoms with Crippen LogP contribution in [0.5, 0.6) is 0 Å². The van der Waals surface area contributed by atoms with Crippen molar-refractivity contribution in [3.8, 4) is 0 Å². The molecular formula is C17H25BrN2O. The summed E-state index contributed by atoms with van der Waals surface area (Å²) < 4.78 is 0. The fourth-order valence-corrected chi connectivity index (χ4v) is 3.25. The van der Waals surface area contributed by atoms with Crippen LogP contribution in [0.2, 0.25) is 0 Å². The lowest BCUT2D eigenvalue weighted by molar-refractivity contribution is 0.0667. The Balaban J connectivity index is 2.11. The summed E-state index contributed by atoms with van der Waals surface area (Å²) in [4.78, 5) is 17.1. The second-order valence-corrected chi connectivity index (χ2v) is 6.63. The Bertz CT molecular complexity index is 452. The van der Waals surface area contributed by atoms with Crippen molar-refractivity contribution in [2.24, 2.45) is 0 Å². The zero-order valence-electron chi connectivity index (χ0n) is 13.0. The van der Waals surface area contributed by atoms with Gasteiger partial charge in [0.15, 0.2) is 0 Å². The maximum atomic E-state index is 12.8. The molecule has 1 aromatic rings. The number of carbonyl (C=O) groups excluding carboxylic acids is 1. The molecule has 1 fully saturated rings. The van der Waals surface area contributed by atoms with Gasteiger partial charge in [-0.15, -0.1) is 0 Å². The van der Waals surface area contributed by atoms with Crippen molar-refractivity contribution in [3.05, 3.63) is 35.4 Å². The summed E-state index contributed by atoms with van der Waals surface area (Å²) in [5.41, 5.74) is 2.01. The molecule has 1 saturated carbocycles. The molecular weight excluding hydrogens is 328 g/mol. The first-order chi connectivity index (χ1) is 10.1. The fraction of sp³-hybridized carbons (Fsp3) is 0.588. The van der Waals surface area contributed by atoms with Gasteiger partial charge in [0.05, 0.1) is 0 Å². The van der Waals surface area contributed by atoms with Crippen LogP contribution in [0, 0.1) is 0 Å². The molecule has 1 aromatic carbocycles. The summed E-state index contributed by atoms with van der Waals surface area (Å²) in [7, 11) is 4.12. The summed E-state index contributed by atoms with van der Waals surface area (Å²) in [5, 5.41) is 0.828. The highest BCUT2D eigenvalue weighted by molar-refractivity contribution is 9.08. The van der Waals surface area contributed by atoms with Gasteiger partial charge in [0.25, 0.3) is 5.91 Å². The number of likely N-dealkylation sites (N-methyl/N-ethyl adjacent to an activating group) is 1. The number of rotatable bonds is 6. The molecule has 0 atom stereocenters. The average Bonchev–Trinajstić information content (AvgIpc) is 3.01. The molecule has 0 unspecified atom stereocenters. The number of halogens is 1. The molecule has 1 amide bonds. The van der Waals surface area contributed by atoms with Gasteiger partial charge in [-0.1, -0.05) is 40.9 Å². The summed E-state index contributed by atoms with van der Waals surface area (Å²) in [5.74, 6) is 0.185. The van der Waals surface area contributed by atoms with Crippen LogP contribution in [0.1, 0.15) is 41.6 Å². The molecule has 2 rings (SSSR count). The molecule has 0 aromatic heterocycles. The molecule has 4 heteroatoms. The quantitative estimate of drug-likeness (QED) is 0.731. The Morgan fingerprint density at radius 2 is 1.76 bits per heavy atom. The predicted molar refractivity (Wildman–Crippen MR) is 90.9 cm³/mol. The molecule has 21 heavy (non-hydrogen) atoms. The molecule has 3 nitrogen and oxygen atoms in total. The van der Waals surface area contributed by atoms with Crippen LogP contribution < -0.4 is 0 Å². The zero-order valence-corrected chi connectivity index (χ0v) is 14.6. The highest BCUT2D eigenvalue weighted by Gasteiger charge is 2.27. The van der Waals surface area contributed by atoms with Crippen LogP contribution in [-0.2, 0) is 5.33 Å². The third-order valence-corrected chi connectivity index (χ3v) is 4.82. The number of alkyl halides is 1. The lowest BCUT2D eigenvalue weighted by atomic mass is 10.1. The number of hydrogen-bond donors (Lipinski definition) is 0. The standard InChI is InChI=1S/C17H25BrN2O/c1-19(2)11-12-20(16-5-3-4-6-16)17(21)15-9-7-14(13-18)8-10-15/h7-10,16H,3-6,11-13H2,1-2H3. The molecule has 0 spiro atoms. The molecule has 1 aliphatic carbocycles. The van der Waals surface area contributed by atoms with Crippen LogP contribution in [0.15, 0.2) is 24.3 Å². The van der Waals surface area contributed by atoms with Crippen molar-refractivity contribution in [2.75, 3.05) is 27.2 Å². The summed E-state index contributed by atoms with van der Waals surface area (Å²) in [6.07, 6.45) is 4.80. The minimum Gasteiger partial charge on any atom is -0.334 e. The normalized spacial score (nSPS) is 15.6. The topological polar surface area (TPSA) is 23.6 Å². The Labute approximate surface area is 136 Å². The third-order valence-electron chi connectivity index (χ3n) is 4.17. The first kappa shape index (κ1) is 16.5. The monoisotopic (exact) mass is 352 g/mol. The van der Waals surface area contributed by atoms with E-state index in [0.717, 1.165) is 36.8 Å². The van der Waals surface area contributed by atoms with E-state index in [-0.39, 0.29) is 5.91 Å². The smallest absolute Gasteiger partial charge is 0.254 e. The average molecular weight is 353 g/mol. The van der Waals surface area contributed by atoms with E-state index < -0.39 is 0 Å². The molecule has 0 radical (unpaired) electrons. The maximum Gasteiger partial charge on any atom is 0.254 e. The second kappa shape index (κ2) is 7.95. The SMILES string of the molecule is CN(C)CCN(C(=O)c1ccc(CBr)cc1)C1CCCC1. The number of nitrogens with zero attached hydrogens (tertiary/aromatic N) is 2. The van der Waals surface area contributed by atoms with Crippen LogP contribution in [-0.4, -0.2) is 48.9 Å². The number of hydrogen-bond acceptors (Lipinski definition) is 2. The predicted octanol–water partition coefficient (Wildman–Crippen LogP) is 3.53. The van der Waals surface area contributed by atoms with Crippen molar-refractivity contribution < 1.29 is 4.79 Å². The Kier molecular flexibility index (Phi) is 6.24. The zero-order chi connectivity index (χ0) is 15.2. The van der Waals surface area contributed by atoms with Crippen LogP contribution in [0.25, 0.3) is 0 Å². The first-order valence-electron chi connectivity index (χ1n) is 7.72. The van der Waals surface area contributed by atoms with Crippen LogP contribution >= 0.6 is 15.9 Å². The molecule has 0 bridgehead atoms. The largest absolute Gasteiger partial charge is 0.334 e. The summed E-state index contributed by atoms with van der Waals surface area (Å²) in [6.45, 7) is 1.73. The summed E-state index contributed by atoms with van der Waals surface area (Å²) in [6, 6.07) is 8.39. The fourth-order valence-electron chi connectivity index (χ4n) is 2.88. The minimum atomic E-state index is 0.185. The minimum absolute atomic E-state index is 0.185. The van der Waals surface area contributed by atoms with Crippen LogP contribution in [0.3, 0.4) is 0 Å². The highest BCUT2D eigenvalue weighted by Crippen LogP contribution is 2.25. The molecule has 0 N–H and O–H groups in total. The Hall–Kier alpha value is -0.870. The van der Waals surface area contributed by atoms with E-state index in [0.29, 0.717) is 6.04 Å². The van der Waals surface area contributed by atoms with Crippen molar-refractivity contribution in [1.29, 1.82) is 0 Å². The Morgan fingerprint density at radius 1 is 1.14 bits per heavy atom. The molecule has 1 aliphatic rings. The van der Waals surface area contributed by atoms with E-state index in [1.165, 1.54) is 18.4 Å². The van der Waals surface area contributed by atoms with Gasteiger partial charge < -0.3 is 9.80 Å². The lowest BCUT2D eigenvalue weighted by Crippen LogP contribution is -2.42. The van der Waals surface area contributed by atoms with E-state index in [1.807, 2.05) is 24.3 Å². The van der Waals surface area contributed by atoms with E-state index >= 15 is 0 Å². The van der Waals surface area contributed by atoms with Crippen molar-refractivity contribution in [2.45, 2.75) is 37.1 Å². The number of amides is 1. The Morgan fingerprint density at radius 3 is 2.29 bits per heavy atom. The third kappa shape index (κ3) is 4.55. The maximum absolute atomic E-state index is 12.8. The van der Waals surface area contributed by atoms with Gasteiger partial charge in [-0.05, 0) is 44.6 Å². The highest BCUT2D eigenvalue weighted by atomic mass is 79.9. The van der Waals surface area contributed by atoms with E-state index in [9.17, 15) is 4.79 Å². The lowest BCUT2D eigenvalue weighted by Gasteiger charge is -2.30. The van der Waals surface area contributed by atoms with Crippen molar-refractivity contribution in [1.82, 2.24) is 9.80 Å². The van der Waals surface area contributed by atoms with Crippen molar-refractivity contribution in [3.63, 3.8) is 0 Å². The summed E-state index contributed by atoms with van der Waals surface area (Å²) >= 11 is 3.44. The van der Waals surface area contributed by atoms with Gasteiger partial charge in [0.1, 0.15) is 0 Å².